The maximum atomic E-state index is 4.35. The van der Waals surface area contributed by atoms with Crippen molar-refractivity contribution in [3.05, 3.63) is 46.6 Å². The lowest BCUT2D eigenvalue weighted by atomic mass is 9.96. The Labute approximate surface area is 109 Å². The van der Waals surface area contributed by atoms with E-state index in [1.807, 2.05) is 24.0 Å². The van der Waals surface area contributed by atoms with Crippen LogP contribution < -0.4 is 5.32 Å². The second-order valence-corrected chi connectivity index (χ2v) is 5.03. The van der Waals surface area contributed by atoms with Gasteiger partial charge < -0.3 is 5.32 Å². The smallest absolute Gasteiger partial charge is 0.148 e. The summed E-state index contributed by atoms with van der Waals surface area (Å²) in [5.41, 5.74) is 5.35. The molecule has 3 heteroatoms. The first-order chi connectivity index (χ1) is 8.47. The predicted octanol–water partition coefficient (Wildman–Crippen LogP) is 3.52. The topological polar surface area (TPSA) is 29.9 Å². The molecule has 0 saturated heterocycles. The third kappa shape index (κ3) is 2.55. The monoisotopic (exact) mass is 243 g/mol. The van der Waals surface area contributed by atoms with Crippen LogP contribution in [0.5, 0.6) is 0 Å². The molecule has 3 nitrogen and oxygen atoms in total. The molecule has 0 radical (unpaired) electrons. The van der Waals surface area contributed by atoms with Gasteiger partial charge in [-0.15, -0.1) is 0 Å². The first kappa shape index (κ1) is 12.7. The number of hydrogen-bond acceptors (Lipinski definition) is 2. The van der Waals surface area contributed by atoms with Crippen LogP contribution in [-0.4, -0.2) is 9.78 Å². The first-order valence-electron chi connectivity index (χ1n) is 6.31. The summed E-state index contributed by atoms with van der Waals surface area (Å²) in [7, 11) is 1.93. The Morgan fingerprint density at radius 3 is 2.39 bits per heavy atom. The van der Waals surface area contributed by atoms with E-state index in [0.29, 0.717) is 0 Å². The van der Waals surface area contributed by atoms with Crippen molar-refractivity contribution < 1.29 is 0 Å². The third-order valence-electron chi connectivity index (χ3n) is 3.43. The highest BCUT2D eigenvalue weighted by Gasteiger charge is 2.10. The van der Waals surface area contributed by atoms with E-state index < -0.39 is 0 Å². The molecule has 1 unspecified atom stereocenters. The van der Waals surface area contributed by atoms with Gasteiger partial charge in [-0.3, -0.25) is 4.68 Å². The van der Waals surface area contributed by atoms with E-state index in [0.717, 1.165) is 5.82 Å². The van der Waals surface area contributed by atoms with Gasteiger partial charge in [-0.1, -0.05) is 12.1 Å². The second-order valence-electron chi connectivity index (χ2n) is 5.03. The van der Waals surface area contributed by atoms with E-state index in [1.54, 1.807) is 0 Å². The first-order valence-corrected chi connectivity index (χ1v) is 6.31. The number of benzene rings is 1. The number of rotatable bonds is 3. The summed E-state index contributed by atoms with van der Waals surface area (Å²) in [6.45, 7) is 8.65. The SMILES string of the molecule is Cc1cc(C)c(C(C)Nc2ccn(C)n2)cc1C. The van der Waals surface area contributed by atoms with Crippen molar-refractivity contribution in [3.63, 3.8) is 0 Å². The van der Waals surface area contributed by atoms with Crippen LogP contribution in [0.25, 0.3) is 0 Å². The van der Waals surface area contributed by atoms with Gasteiger partial charge in [-0.2, -0.15) is 5.10 Å². The van der Waals surface area contributed by atoms with Gasteiger partial charge in [0.1, 0.15) is 5.82 Å². The molecule has 2 rings (SSSR count). The Morgan fingerprint density at radius 2 is 1.78 bits per heavy atom. The fraction of sp³-hybridized carbons (Fsp3) is 0.400. The fourth-order valence-electron chi connectivity index (χ4n) is 2.24. The lowest BCUT2D eigenvalue weighted by molar-refractivity contribution is 0.759. The Kier molecular flexibility index (Phi) is 3.41. The highest BCUT2D eigenvalue weighted by Crippen LogP contribution is 2.24. The van der Waals surface area contributed by atoms with Crippen molar-refractivity contribution in [2.24, 2.45) is 7.05 Å². The Morgan fingerprint density at radius 1 is 1.11 bits per heavy atom. The zero-order valence-corrected chi connectivity index (χ0v) is 11.8. The lowest BCUT2D eigenvalue weighted by Gasteiger charge is -2.18. The minimum absolute atomic E-state index is 0.263. The van der Waals surface area contributed by atoms with Gasteiger partial charge in [-0.25, -0.2) is 0 Å². The molecule has 1 aromatic carbocycles. The maximum Gasteiger partial charge on any atom is 0.148 e. The average Bonchev–Trinajstić information content (AvgIpc) is 2.69. The van der Waals surface area contributed by atoms with Crippen LogP contribution in [0.3, 0.4) is 0 Å². The molecule has 2 aromatic rings. The molecule has 0 aliphatic rings. The van der Waals surface area contributed by atoms with E-state index in [1.165, 1.54) is 22.3 Å². The van der Waals surface area contributed by atoms with Crippen LogP contribution in [0.15, 0.2) is 24.4 Å². The van der Waals surface area contributed by atoms with Crippen molar-refractivity contribution in [2.75, 3.05) is 5.32 Å². The summed E-state index contributed by atoms with van der Waals surface area (Å²) in [4.78, 5) is 0. The molecule has 0 fully saturated rings. The molecular weight excluding hydrogens is 222 g/mol. The molecule has 96 valence electrons. The third-order valence-corrected chi connectivity index (χ3v) is 3.43. The molecule has 0 aliphatic heterocycles. The highest BCUT2D eigenvalue weighted by molar-refractivity contribution is 5.43. The summed E-state index contributed by atoms with van der Waals surface area (Å²) < 4.78 is 1.81. The lowest BCUT2D eigenvalue weighted by Crippen LogP contribution is -2.09. The minimum atomic E-state index is 0.263. The normalized spacial score (nSPS) is 12.5. The molecule has 0 saturated carbocycles. The van der Waals surface area contributed by atoms with Crippen molar-refractivity contribution in [3.8, 4) is 0 Å². The largest absolute Gasteiger partial charge is 0.362 e. The van der Waals surface area contributed by atoms with E-state index >= 15 is 0 Å². The molecule has 0 bridgehead atoms. The predicted molar refractivity (Wildman–Crippen MR) is 75.9 cm³/mol. The average molecular weight is 243 g/mol. The maximum absolute atomic E-state index is 4.35. The summed E-state index contributed by atoms with van der Waals surface area (Å²) in [5, 5.41) is 7.79. The number of nitrogens with one attached hydrogen (secondary N) is 1. The number of nitrogens with zero attached hydrogens (tertiary/aromatic N) is 2. The quantitative estimate of drug-likeness (QED) is 0.894. The van der Waals surface area contributed by atoms with Gasteiger partial charge in [0.25, 0.3) is 0 Å². The van der Waals surface area contributed by atoms with Gasteiger partial charge >= 0.3 is 0 Å². The van der Waals surface area contributed by atoms with Gasteiger partial charge in [-0.05, 0) is 49.9 Å². The molecule has 1 N–H and O–H groups in total. The summed E-state index contributed by atoms with van der Waals surface area (Å²) >= 11 is 0. The summed E-state index contributed by atoms with van der Waals surface area (Å²) in [5.74, 6) is 0.919. The van der Waals surface area contributed by atoms with Crippen molar-refractivity contribution in [1.82, 2.24) is 9.78 Å². The van der Waals surface area contributed by atoms with Crippen molar-refractivity contribution in [2.45, 2.75) is 33.7 Å². The van der Waals surface area contributed by atoms with Crippen LogP contribution in [0.1, 0.15) is 35.2 Å². The van der Waals surface area contributed by atoms with E-state index in [9.17, 15) is 0 Å². The van der Waals surface area contributed by atoms with Crippen molar-refractivity contribution >= 4 is 5.82 Å². The van der Waals surface area contributed by atoms with Gasteiger partial charge in [0.05, 0.1) is 6.04 Å². The van der Waals surface area contributed by atoms with Crippen LogP contribution in [0.2, 0.25) is 0 Å². The molecule has 1 heterocycles. The van der Waals surface area contributed by atoms with Gasteiger partial charge in [0, 0.05) is 19.3 Å². The number of anilines is 1. The Hall–Kier alpha value is -1.77. The summed E-state index contributed by atoms with van der Waals surface area (Å²) in [6.07, 6.45) is 1.95. The van der Waals surface area contributed by atoms with Crippen LogP contribution in [0.4, 0.5) is 5.82 Å². The van der Waals surface area contributed by atoms with E-state index in [2.05, 4.69) is 50.2 Å². The Bertz CT molecular complexity index is 555. The molecule has 1 atom stereocenters. The molecule has 0 amide bonds. The van der Waals surface area contributed by atoms with Crippen LogP contribution in [0, 0.1) is 20.8 Å². The van der Waals surface area contributed by atoms with Crippen LogP contribution >= 0.6 is 0 Å². The number of aryl methyl sites for hydroxylation is 4. The summed E-state index contributed by atoms with van der Waals surface area (Å²) in [6, 6.07) is 6.78. The molecule has 0 aliphatic carbocycles. The number of aromatic nitrogens is 2. The zero-order chi connectivity index (χ0) is 13.3. The Balaban J connectivity index is 2.23. The van der Waals surface area contributed by atoms with Gasteiger partial charge in [0.15, 0.2) is 0 Å². The molecule has 1 aromatic heterocycles. The molecule has 0 spiro atoms. The second kappa shape index (κ2) is 4.84. The van der Waals surface area contributed by atoms with Crippen molar-refractivity contribution in [1.29, 1.82) is 0 Å². The van der Waals surface area contributed by atoms with Gasteiger partial charge in [0.2, 0.25) is 0 Å². The van der Waals surface area contributed by atoms with Crippen LogP contribution in [-0.2, 0) is 7.05 Å². The number of hydrogen-bond donors (Lipinski definition) is 1. The minimum Gasteiger partial charge on any atom is -0.362 e. The van der Waals surface area contributed by atoms with E-state index in [-0.39, 0.29) is 6.04 Å². The standard InChI is InChI=1S/C15H21N3/c1-10-8-12(3)14(9-11(10)2)13(4)16-15-6-7-18(5)17-15/h6-9,13H,1-5H3,(H,16,17). The molecular formula is C15H21N3. The molecule has 18 heavy (non-hydrogen) atoms. The van der Waals surface area contributed by atoms with E-state index in [4.69, 9.17) is 0 Å². The fourth-order valence-corrected chi connectivity index (χ4v) is 2.24. The highest BCUT2D eigenvalue weighted by atomic mass is 15.3. The zero-order valence-electron chi connectivity index (χ0n) is 11.8.